The van der Waals surface area contributed by atoms with E-state index in [0.29, 0.717) is 18.8 Å². The quantitative estimate of drug-likeness (QED) is 0.571. The number of hydrogen-bond acceptors (Lipinski definition) is 5. The minimum absolute atomic E-state index is 0.0742. The zero-order valence-corrected chi connectivity index (χ0v) is 12.8. The Balaban J connectivity index is 2.83. The van der Waals surface area contributed by atoms with Crippen molar-refractivity contribution in [2.24, 2.45) is 11.1 Å². The van der Waals surface area contributed by atoms with Crippen LogP contribution in [0.1, 0.15) is 19.4 Å². The number of nitrogens with zero attached hydrogens (tertiary/aromatic N) is 1. The van der Waals surface area contributed by atoms with Crippen LogP contribution in [0.5, 0.6) is 0 Å². The fourth-order valence-corrected chi connectivity index (χ4v) is 2.17. The molecule has 6 heteroatoms. The maximum atomic E-state index is 11.8. The fourth-order valence-electron chi connectivity index (χ4n) is 2.17. The van der Waals surface area contributed by atoms with Crippen molar-refractivity contribution in [2.45, 2.75) is 20.4 Å². The summed E-state index contributed by atoms with van der Waals surface area (Å²) in [4.78, 5) is 24.8. The number of esters is 1. The molecule has 0 bridgehead atoms. The van der Waals surface area contributed by atoms with Gasteiger partial charge in [0.05, 0.1) is 19.1 Å². The molecule has 4 N–H and O–H groups in total. The normalized spacial score (nSPS) is 11.4. The van der Waals surface area contributed by atoms with Gasteiger partial charge in [0, 0.05) is 18.8 Å². The molecule has 1 aromatic carbocycles. The van der Waals surface area contributed by atoms with Gasteiger partial charge in [-0.25, -0.2) is 0 Å². The van der Waals surface area contributed by atoms with E-state index >= 15 is 0 Å². The first-order valence-electron chi connectivity index (χ1n) is 6.68. The minimum Gasteiger partial charge on any atom is -0.469 e. The Bertz CT molecular complexity index is 497. The lowest BCUT2D eigenvalue weighted by atomic mass is 9.92. The van der Waals surface area contributed by atoms with E-state index in [9.17, 15) is 9.59 Å². The van der Waals surface area contributed by atoms with Crippen LogP contribution in [0.15, 0.2) is 24.3 Å². The molecule has 1 aromatic rings. The number of anilines is 1. The van der Waals surface area contributed by atoms with E-state index in [0.717, 1.165) is 5.56 Å². The summed E-state index contributed by atoms with van der Waals surface area (Å²) in [7, 11) is 1.35. The van der Waals surface area contributed by atoms with Gasteiger partial charge in [0.25, 0.3) is 0 Å². The highest BCUT2D eigenvalue weighted by Gasteiger charge is 2.31. The second-order valence-electron chi connectivity index (χ2n) is 5.73. The third-order valence-electron chi connectivity index (χ3n) is 3.12. The predicted molar refractivity (Wildman–Crippen MR) is 81.1 cm³/mol. The number of nitrogen functional groups attached to an aromatic ring is 1. The molecule has 0 aromatic heterocycles. The molecule has 0 spiro atoms. The van der Waals surface area contributed by atoms with Gasteiger partial charge in [-0.15, -0.1) is 0 Å². The molecule has 0 radical (unpaired) electrons. The van der Waals surface area contributed by atoms with E-state index in [1.54, 1.807) is 26.0 Å². The van der Waals surface area contributed by atoms with Crippen LogP contribution in [-0.2, 0) is 20.9 Å². The van der Waals surface area contributed by atoms with Crippen LogP contribution < -0.4 is 11.5 Å². The lowest BCUT2D eigenvalue weighted by Crippen LogP contribution is -2.43. The van der Waals surface area contributed by atoms with Gasteiger partial charge < -0.3 is 16.2 Å². The average molecular weight is 293 g/mol. The van der Waals surface area contributed by atoms with Crippen LogP contribution in [0, 0.1) is 5.41 Å². The van der Waals surface area contributed by atoms with Crippen molar-refractivity contribution >= 4 is 17.6 Å². The molecule has 0 fully saturated rings. The van der Waals surface area contributed by atoms with Crippen molar-refractivity contribution in [3.05, 3.63) is 29.8 Å². The summed E-state index contributed by atoms with van der Waals surface area (Å²) in [6, 6.07) is 7.36. The number of amides is 1. The third kappa shape index (κ3) is 5.43. The van der Waals surface area contributed by atoms with Gasteiger partial charge in [0.1, 0.15) is 0 Å². The Morgan fingerprint density at radius 2 is 1.81 bits per heavy atom. The number of primary amides is 1. The first kappa shape index (κ1) is 17.0. The molecule has 0 aliphatic rings. The Kier molecular flexibility index (Phi) is 5.72. The SMILES string of the molecule is COC(=O)C(C)(C)CN(CC(N)=O)Cc1ccc(N)cc1. The Hall–Kier alpha value is -2.08. The second-order valence-corrected chi connectivity index (χ2v) is 5.73. The van der Waals surface area contributed by atoms with Crippen molar-refractivity contribution in [3.8, 4) is 0 Å². The minimum atomic E-state index is -0.724. The van der Waals surface area contributed by atoms with Gasteiger partial charge in [-0.2, -0.15) is 0 Å². The van der Waals surface area contributed by atoms with Crippen molar-refractivity contribution in [2.75, 3.05) is 25.9 Å². The summed E-state index contributed by atoms with van der Waals surface area (Å²) in [5.41, 5.74) is 11.9. The van der Waals surface area contributed by atoms with E-state index in [1.165, 1.54) is 7.11 Å². The van der Waals surface area contributed by atoms with Crippen molar-refractivity contribution in [1.29, 1.82) is 0 Å². The lowest BCUT2D eigenvalue weighted by Gasteiger charge is -2.30. The molecular weight excluding hydrogens is 270 g/mol. The largest absolute Gasteiger partial charge is 0.469 e. The number of ether oxygens (including phenoxy) is 1. The molecule has 0 heterocycles. The number of nitrogens with two attached hydrogens (primary N) is 2. The molecular formula is C15H23N3O3. The molecule has 1 rings (SSSR count). The predicted octanol–water partition coefficient (Wildman–Crippen LogP) is 0.755. The number of carbonyl (C=O) groups is 2. The molecule has 0 aliphatic carbocycles. The van der Waals surface area contributed by atoms with Crippen molar-refractivity contribution in [1.82, 2.24) is 4.90 Å². The van der Waals surface area contributed by atoms with Crippen LogP contribution >= 0.6 is 0 Å². The van der Waals surface area contributed by atoms with Gasteiger partial charge in [0.15, 0.2) is 0 Å². The number of hydrogen-bond donors (Lipinski definition) is 2. The van der Waals surface area contributed by atoms with Gasteiger partial charge in [-0.3, -0.25) is 14.5 Å². The van der Waals surface area contributed by atoms with Crippen LogP contribution in [0.2, 0.25) is 0 Å². The Morgan fingerprint density at radius 3 is 2.29 bits per heavy atom. The summed E-state index contributed by atoms with van der Waals surface area (Å²) in [6.45, 7) is 4.49. The van der Waals surface area contributed by atoms with Gasteiger partial charge in [-0.1, -0.05) is 12.1 Å². The lowest BCUT2D eigenvalue weighted by molar-refractivity contribution is -0.152. The van der Waals surface area contributed by atoms with Crippen molar-refractivity contribution in [3.63, 3.8) is 0 Å². The highest BCUT2D eigenvalue weighted by molar-refractivity contribution is 5.77. The molecule has 6 nitrogen and oxygen atoms in total. The average Bonchev–Trinajstić information content (AvgIpc) is 2.39. The third-order valence-corrected chi connectivity index (χ3v) is 3.12. The van der Waals surface area contributed by atoms with E-state index in [4.69, 9.17) is 16.2 Å². The summed E-state index contributed by atoms with van der Waals surface area (Å²) in [6.07, 6.45) is 0. The van der Waals surface area contributed by atoms with E-state index in [1.807, 2.05) is 17.0 Å². The number of rotatable bonds is 7. The molecule has 0 saturated carbocycles. The maximum absolute atomic E-state index is 11.8. The smallest absolute Gasteiger partial charge is 0.312 e. The zero-order chi connectivity index (χ0) is 16.0. The molecule has 0 atom stereocenters. The standard InChI is InChI=1S/C15H23N3O3/c1-15(2,14(20)21-3)10-18(9-13(17)19)8-11-4-6-12(16)7-5-11/h4-7H,8-10,16H2,1-3H3,(H2,17,19). The summed E-state index contributed by atoms with van der Waals surface area (Å²) >= 11 is 0. The van der Waals surface area contributed by atoms with Crippen LogP contribution in [0.3, 0.4) is 0 Å². The molecule has 21 heavy (non-hydrogen) atoms. The molecule has 116 valence electrons. The molecule has 0 aliphatic heterocycles. The van der Waals surface area contributed by atoms with Crippen LogP contribution in [0.25, 0.3) is 0 Å². The highest BCUT2D eigenvalue weighted by Crippen LogP contribution is 2.20. The molecule has 0 unspecified atom stereocenters. The number of methoxy groups -OCH3 is 1. The molecule has 1 amide bonds. The monoisotopic (exact) mass is 293 g/mol. The number of benzene rings is 1. The first-order chi connectivity index (χ1) is 9.74. The van der Waals surface area contributed by atoms with Crippen molar-refractivity contribution < 1.29 is 14.3 Å². The second kappa shape index (κ2) is 7.08. The van der Waals surface area contributed by atoms with Gasteiger partial charge in [0.2, 0.25) is 5.91 Å². The summed E-state index contributed by atoms with van der Waals surface area (Å²) in [5, 5.41) is 0. The Morgan fingerprint density at radius 1 is 1.24 bits per heavy atom. The summed E-state index contributed by atoms with van der Waals surface area (Å²) in [5.74, 6) is -0.764. The zero-order valence-electron chi connectivity index (χ0n) is 12.8. The number of carbonyl (C=O) groups excluding carboxylic acids is 2. The van der Waals surface area contributed by atoms with Crippen LogP contribution in [-0.4, -0.2) is 37.0 Å². The molecule has 0 saturated heterocycles. The van der Waals surface area contributed by atoms with E-state index in [-0.39, 0.29) is 12.5 Å². The fraction of sp³-hybridized carbons (Fsp3) is 0.467. The highest BCUT2D eigenvalue weighted by atomic mass is 16.5. The Labute approximate surface area is 125 Å². The topological polar surface area (TPSA) is 98.6 Å². The first-order valence-corrected chi connectivity index (χ1v) is 6.68. The van der Waals surface area contributed by atoms with Gasteiger partial charge >= 0.3 is 5.97 Å². The summed E-state index contributed by atoms with van der Waals surface area (Å²) < 4.78 is 4.79. The van der Waals surface area contributed by atoms with Crippen LogP contribution in [0.4, 0.5) is 5.69 Å². The maximum Gasteiger partial charge on any atom is 0.312 e. The van der Waals surface area contributed by atoms with Gasteiger partial charge in [-0.05, 0) is 31.5 Å². The van der Waals surface area contributed by atoms with E-state index < -0.39 is 11.3 Å². The van der Waals surface area contributed by atoms with E-state index in [2.05, 4.69) is 0 Å².